The van der Waals surface area contributed by atoms with Gasteiger partial charge in [-0.3, -0.25) is 4.55 Å². The van der Waals surface area contributed by atoms with E-state index in [9.17, 15) is 8.42 Å². The summed E-state index contributed by atoms with van der Waals surface area (Å²) in [5, 5.41) is 0. The van der Waals surface area contributed by atoms with Gasteiger partial charge in [0.1, 0.15) is 0 Å². The Morgan fingerprint density at radius 3 is 1.32 bits per heavy atom. The molecular weight excluding hydrogens is 271 g/mol. The van der Waals surface area contributed by atoms with Crippen LogP contribution in [0.25, 0.3) is 0 Å². The van der Waals surface area contributed by atoms with Crippen molar-refractivity contribution >= 4 is 39.7 Å². The third kappa shape index (κ3) is 21.4. The maximum atomic E-state index is 10.5. The standard InChI is InChI=1S/C14H30O3S.Na.H/c1-2-3-4-5-6-7-8-9-10-11-12-13-14-18(15,16)17;;/h2-14H2,1H3,(H,15,16,17);;. The zero-order chi connectivity index (χ0) is 13.7. The summed E-state index contributed by atoms with van der Waals surface area (Å²) in [5.41, 5.74) is 0. The van der Waals surface area contributed by atoms with Crippen molar-refractivity contribution in [2.45, 2.75) is 84.0 Å². The van der Waals surface area contributed by atoms with Crippen LogP contribution >= 0.6 is 0 Å². The fourth-order valence-corrected chi connectivity index (χ4v) is 2.69. The van der Waals surface area contributed by atoms with Gasteiger partial charge in [0.15, 0.2) is 0 Å². The summed E-state index contributed by atoms with van der Waals surface area (Å²) >= 11 is 0. The second kappa shape index (κ2) is 15.3. The number of rotatable bonds is 13. The molecule has 0 rings (SSSR count). The van der Waals surface area contributed by atoms with Gasteiger partial charge in [-0.05, 0) is 6.42 Å². The molecule has 0 radical (unpaired) electrons. The van der Waals surface area contributed by atoms with Gasteiger partial charge in [0.2, 0.25) is 0 Å². The van der Waals surface area contributed by atoms with E-state index < -0.39 is 10.1 Å². The van der Waals surface area contributed by atoms with Crippen LogP contribution in [0.2, 0.25) is 0 Å². The van der Waals surface area contributed by atoms with Gasteiger partial charge in [0, 0.05) is 0 Å². The first-order chi connectivity index (χ1) is 8.56. The van der Waals surface area contributed by atoms with Crippen molar-refractivity contribution in [2.75, 3.05) is 5.75 Å². The number of hydrogen-bond acceptors (Lipinski definition) is 2. The van der Waals surface area contributed by atoms with Gasteiger partial charge in [-0.2, -0.15) is 8.42 Å². The molecule has 112 valence electrons. The van der Waals surface area contributed by atoms with Crippen LogP contribution in [0.1, 0.15) is 84.0 Å². The number of hydrogen-bond donors (Lipinski definition) is 1. The summed E-state index contributed by atoms with van der Waals surface area (Å²) in [6, 6.07) is 0. The van der Waals surface area contributed by atoms with Crippen molar-refractivity contribution in [2.24, 2.45) is 0 Å². The summed E-state index contributed by atoms with van der Waals surface area (Å²) in [6.45, 7) is 2.24. The van der Waals surface area contributed by atoms with Gasteiger partial charge in [0.25, 0.3) is 10.1 Å². The topological polar surface area (TPSA) is 54.4 Å². The normalized spacial score (nSPS) is 11.3. The molecule has 0 aliphatic carbocycles. The molecule has 0 atom stereocenters. The Morgan fingerprint density at radius 1 is 0.684 bits per heavy atom. The minimum absolute atomic E-state index is 0. The van der Waals surface area contributed by atoms with Crippen LogP contribution in [0.3, 0.4) is 0 Å². The van der Waals surface area contributed by atoms with E-state index >= 15 is 0 Å². The van der Waals surface area contributed by atoms with Crippen LogP contribution in [-0.2, 0) is 10.1 Å². The zero-order valence-corrected chi connectivity index (χ0v) is 12.7. The molecule has 0 aliphatic rings. The first-order valence-electron chi connectivity index (χ1n) is 7.51. The first kappa shape index (κ1) is 22.2. The summed E-state index contributed by atoms with van der Waals surface area (Å²) in [7, 11) is -3.74. The Labute approximate surface area is 142 Å². The molecule has 0 amide bonds. The average molecular weight is 302 g/mol. The van der Waals surface area contributed by atoms with Gasteiger partial charge in [-0.15, -0.1) is 0 Å². The third-order valence-corrected chi connectivity index (χ3v) is 4.06. The van der Waals surface area contributed by atoms with Gasteiger partial charge in [0.05, 0.1) is 5.75 Å². The second-order valence-corrected chi connectivity index (χ2v) is 6.75. The summed E-state index contributed by atoms with van der Waals surface area (Å²) in [5.74, 6) is -0.0789. The molecule has 0 aliphatic heterocycles. The molecule has 0 fully saturated rings. The fourth-order valence-electron chi connectivity index (χ4n) is 2.13. The van der Waals surface area contributed by atoms with E-state index in [4.69, 9.17) is 4.55 Å². The third-order valence-electron chi connectivity index (χ3n) is 3.26. The second-order valence-electron chi connectivity index (χ2n) is 5.18. The molecule has 19 heavy (non-hydrogen) atoms. The Hall–Kier alpha value is 0.910. The van der Waals surface area contributed by atoms with Crippen molar-refractivity contribution in [3.63, 3.8) is 0 Å². The fraction of sp³-hybridized carbons (Fsp3) is 1.00. The molecule has 5 heteroatoms. The summed E-state index contributed by atoms with van der Waals surface area (Å²) in [6.07, 6.45) is 14.5. The van der Waals surface area contributed by atoms with Crippen molar-refractivity contribution in [3.05, 3.63) is 0 Å². The van der Waals surface area contributed by atoms with Crippen LogP contribution in [0, 0.1) is 0 Å². The first-order valence-corrected chi connectivity index (χ1v) is 9.12. The van der Waals surface area contributed by atoms with Gasteiger partial charge in [-0.1, -0.05) is 77.6 Å². The van der Waals surface area contributed by atoms with Crippen molar-refractivity contribution in [1.82, 2.24) is 0 Å². The Bertz CT molecular complexity index is 266. The van der Waals surface area contributed by atoms with Crippen LogP contribution in [0.4, 0.5) is 0 Å². The molecule has 0 saturated heterocycles. The molecule has 0 aromatic carbocycles. The molecule has 0 heterocycles. The molecule has 0 saturated carbocycles. The molecule has 0 unspecified atom stereocenters. The van der Waals surface area contributed by atoms with Crippen molar-refractivity contribution in [3.8, 4) is 0 Å². The average Bonchev–Trinajstić information content (AvgIpc) is 2.29. The van der Waals surface area contributed by atoms with Crippen LogP contribution in [0.15, 0.2) is 0 Å². The Kier molecular flexibility index (Phi) is 17.9. The van der Waals surface area contributed by atoms with Gasteiger partial charge in [-0.25, -0.2) is 0 Å². The predicted octanol–water partition coefficient (Wildman–Crippen LogP) is 3.93. The quantitative estimate of drug-likeness (QED) is 0.319. The zero-order valence-electron chi connectivity index (χ0n) is 11.9. The number of unbranched alkanes of at least 4 members (excludes halogenated alkanes) is 11. The monoisotopic (exact) mass is 302 g/mol. The molecule has 0 aromatic heterocycles. The molecule has 1 N–H and O–H groups in total. The minimum atomic E-state index is -3.74. The molecule has 0 spiro atoms. The predicted molar refractivity (Wildman–Crippen MR) is 84.6 cm³/mol. The van der Waals surface area contributed by atoms with Crippen LogP contribution in [0.5, 0.6) is 0 Å². The van der Waals surface area contributed by atoms with Crippen molar-refractivity contribution in [1.29, 1.82) is 0 Å². The van der Waals surface area contributed by atoms with Crippen LogP contribution < -0.4 is 0 Å². The van der Waals surface area contributed by atoms with E-state index in [-0.39, 0.29) is 35.3 Å². The maximum absolute atomic E-state index is 10.5. The van der Waals surface area contributed by atoms with E-state index in [1.807, 2.05) is 0 Å². The van der Waals surface area contributed by atoms with Crippen LogP contribution in [-0.4, -0.2) is 48.3 Å². The van der Waals surface area contributed by atoms with E-state index in [0.717, 1.165) is 12.8 Å². The Morgan fingerprint density at radius 2 is 1.00 bits per heavy atom. The van der Waals surface area contributed by atoms with Crippen molar-refractivity contribution < 1.29 is 13.0 Å². The van der Waals surface area contributed by atoms with Gasteiger partial charge >= 0.3 is 29.6 Å². The van der Waals surface area contributed by atoms with E-state index in [1.165, 1.54) is 57.8 Å². The van der Waals surface area contributed by atoms with E-state index in [0.29, 0.717) is 6.42 Å². The molecule has 0 aromatic rings. The van der Waals surface area contributed by atoms with E-state index in [2.05, 4.69) is 6.92 Å². The van der Waals surface area contributed by atoms with E-state index in [1.54, 1.807) is 0 Å². The molecular formula is C14H31NaO3S. The van der Waals surface area contributed by atoms with Gasteiger partial charge < -0.3 is 0 Å². The molecule has 0 bridgehead atoms. The SMILES string of the molecule is CCCCCCCCCCCCCCS(=O)(=O)O.[NaH]. The molecule has 3 nitrogen and oxygen atoms in total. The summed E-state index contributed by atoms with van der Waals surface area (Å²) < 4.78 is 29.5. The summed E-state index contributed by atoms with van der Waals surface area (Å²) in [4.78, 5) is 0. The Balaban J connectivity index is 0.